The predicted octanol–water partition coefficient (Wildman–Crippen LogP) is 0.995. The van der Waals surface area contributed by atoms with Crippen molar-refractivity contribution in [1.29, 1.82) is 0 Å². The largest absolute Gasteiger partial charge is 0.374 e. The number of pyridine rings is 1. The molecule has 0 radical (unpaired) electrons. The van der Waals surface area contributed by atoms with E-state index in [1.807, 2.05) is 34.0 Å². The summed E-state index contributed by atoms with van der Waals surface area (Å²) in [4.78, 5) is 11.8. The minimum atomic E-state index is -0.812. The summed E-state index contributed by atoms with van der Waals surface area (Å²) < 4.78 is 1.80. The quantitative estimate of drug-likeness (QED) is 0.608. The third kappa shape index (κ3) is 4.95. The van der Waals surface area contributed by atoms with Crippen LogP contribution >= 0.6 is 0 Å². The molecule has 0 fully saturated rings. The van der Waals surface area contributed by atoms with Crippen LogP contribution in [0.5, 0.6) is 0 Å². The highest BCUT2D eigenvalue weighted by molar-refractivity contribution is 5.93. The van der Waals surface area contributed by atoms with Gasteiger partial charge in [0.05, 0.1) is 0 Å². The summed E-state index contributed by atoms with van der Waals surface area (Å²) in [5.41, 5.74) is 0.525. The zero-order valence-corrected chi connectivity index (χ0v) is 10.9. The molecule has 0 aliphatic rings. The Bertz CT molecular complexity index is 397. The molecule has 1 rings (SSSR count). The lowest BCUT2D eigenvalue weighted by Gasteiger charge is -2.22. The highest BCUT2D eigenvalue weighted by atomic mass is 16.3. The fraction of sp³-hybridized carbons (Fsp3) is 0.538. The molecule has 17 heavy (non-hydrogen) atoms. The van der Waals surface area contributed by atoms with Crippen LogP contribution in [0.1, 0.15) is 37.6 Å². The number of carbonyl (C=O) groups is 1. The van der Waals surface area contributed by atoms with E-state index in [0.717, 1.165) is 0 Å². The molecule has 4 heteroatoms. The molecule has 1 aromatic heterocycles. The van der Waals surface area contributed by atoms with Crippen LogP contribution < -0.4 is 9.88 Å². The van der Waals surface area contributed by atoms with Crippen molar-refractivity contribution in [3.8, 4) is 0 Å². The van der Waals surface area contributed by atoms with E-state index >= 15 is 0 Å². The number of aliphatic hydroxyl groups excluding tert-OH is 1. The zero-order chi connectivity index (χ0) is 13.1. The summed E-state index contributed by atoms with van der Waals surface area (Å²) in [7, 11) is 1.85. The average Bonchev–Trinajstić information content (AvgIpc) is 2.14. The van der Waals surface area contributed by atoms with Gasteiger partial charge in [-0.05, 0) is 17.9 Å². The van der Waals surface area contributed by atoms with Crippen molar-refractivity contribution in [2.45, 2.75) is 33.4 Å². The van der Waals surface area contributed by atoms with Crippen LogP contribution in [0.3, 0.4) is 0 Å². The maximum Gasteiger partial charge on any atom is 0.259 e. The molecule has 0 saturated heterocycles. The molecule has 0 unspecified atom stereocenters. The Morgan fingerprint density at radius 1 is 1.53 bits per heavy atom. The van der Waals surface area contributed by atoms with Gasteiger partial charge in [-0.25, -0.2) is 4.57 Å². The van der Waals surface area contributed by atoms with Gasteiger partial charge in [-0.15, -0.1) is 0 Å². The maximum atomic E-state index is 11.8. The van der Waals surface area contributed by atoms with Gasteiger partial charge in [0.2, 0.25) is 0 Å². The number of rotatable bonds is 3. The number of aromatic nitrogens is 1. The molecule has 1 aromatic rings. The second-order valence-corrected chi connectivity index (χ2v) is 5.51. The van der Waals surface area contributed by atoms with Gasteiger partial charge in [-0.1, -0.05) is 20.8 Å². The van der Waals surface area contributed by atoms with Crippen LogP contribution in [0.4, 0.5) is 0 Å². The third-order valence-electron chi connectivity index (χ3n) is 2.31. The lowest BCUT2D eigenvalue weighted by atomic mass is 9.91. The van der Waals surface area contributed by atoms with E-state index in [4.69, 9.17) is 0 Å². The summed E-state index contributed by atoms with van der Waals surface area (Å²) in [6.45, 7) is 6.06. The standard InChI is InChI=1S/C13H20N2O2/c1-13(2,3)8-11(16)14-12(17)10-6-5-7-15(4)9-10/h5-7,9,11,16H,8H2,1-4H3/p+1/t11-/m0/s1. The van der Waals surface area contributed by atoms with Gasteiger partial charge in [0.1, 0.15) is 18.8 Å². The molecular weight excluding hydrogens is 216 g/mol. The summed E-state index contributed by atoms with van der Waals surface area (Å²) in [5.74, 6) is -0.252. The van der Waals surface area contributed by atoms with Crippen molar-refractivity contribution in [2.75, 3.05) is 0 Å². The normalized spacial score (nSPS) is 13.2. The monoisotopic (exact) mass is 237 g/mol. The zero-order valence-electron chi connectivity index (χ0n) is 10.9. The summed E-state index contributed by atoms with van der Waals surface area (Å²) >= 11 is 0. The smallest absolute Gasteiger partial charge is 0.259 e. The van der Waals surface area contributed by atoms with Gasteiger partial charge >= 0.3 is 0 Å². The topological polar surface area (TPSA) is 53.2 Å². The first-order valence-corrected chi connectivity index (χ1v) is 5.72. The van der Waals surface area contributed by atoms with Crippen molar-refractivity contribution in [3.63, 3.8) is 0 Å². The maximum absolute atomic E-state index is 11.8. The van der Waals surface area contributed by atoms with Crippen molar-refractivity contribution in [1.82, 2.24) is 5.32 Å². The molecule has 0 spiro atoms. The van der Waals surface area contributed by atoms with E-state index in [0.29, 0.717) is 12.0 Å². The van der Waals surface area contributed by atoms with Crippen LogP contribution in [0, 0.1) is 5.41 Å². The lowest BCUT2D eigenvalue weighted by molar-refractivity contribution is -0.671. The molecule has 0 bridgehead atoms. The Hall–Kier alpha value is -1.42. The molecule has 4 nitrogen and oxygen atoms in total. The minimum absolute atomic E-state index is 0.0198. The highest BCUT2D eigenvalue weighted by Crippen LogP contribution is 2.19. The van der Waals surface area contributed by atoms with Gasteiger partial charge in [0.15, 0.2) is 12.4 Å². The van der Waals surface area contributed by atoms with Crippen LogP contribution in [0.2, 0.25) is 0 Å². The van der Waals surface area contributed by atoms with E-state index in [9.17, 15) is 9.90 Å². The molecular formula is C13H21N2O2+. The number of nitrogens with zero attached hydrogens (tertiary/aromatic N) is 1. The van der Waals surface area contributed by atoms with Gasteiger partial charge < -0.3 is 10.4 Å². The van der Waals surface area contributed by atoms with Gasteiger partial charge in [0.25, 0.3) is 5.91 Å². The Balaban J connectivity index is 2.61. The SMILES string of the molecule is C[n+]1cccc(C(=O)N[C@@H](O)CC(C)(C)C)c1. The number of aliphatic hydroxyl groups is 1. The van der Waals surface area contributed by atoms with Crippen LogP contribution in [-0.4, -0.2) is 17.2 Å². The fourth-order valence-corrected chi connectivity index (χ4v) is 1.59. The Kier molecular flexibility index (Phi) is 4.23. The number of nitrogens with one attached hydrogen (secondary N) is 1. The first-order chi connectivity index (χ1) is 7.78. The lowest BCUT2D eigenvalue weighted by Crippen LogP contribution is -2.38. The van der Waals surface area contributed by atoms with E-state index < -0.39 is 6.23 Å². The first kappa shape index (κ1) is 13.6. The third-order valence-corrected chi connectivity index (χ3v) is 2.31. The number of carbonyl (C=O) groups excluding carboxylic acids is 1. The van der Waals surface area contributed by atoms with E-state index in [2.05, 4.69) is 5.32 Å². The van der Waals surface area contributed by atoms with Crippen LogP contribution in [0.15, 0.2) is 24.5 Å². The minimum Gasteiger partial charge on any atom is -0.374 e. The molecule has 0 saturated carbocycles. The number of amides is 1. The molecule has 2 N–H and O–H groups in total. The molecule has 1 amide bonds. The van der Waals surface area contributed by atoms with Gasteiger partial charge in [-0.3, -0.25) is 4.79 Å². The Labute approximate surface area is 102 Å². The van der Waals surface area contributed by atoms with Crippen molar-refractivity contribution in [3.05, 3.63) is 30.1 Å². The van der Waals surface area contributed by atoms with E-state index in [1.165, 1.54) is 0 Å². The Morgan fingerprint density at radius 3 is 2.71 bits per heavy atom. The number of hydrogen-bond donors (Lipinski definition) is 2. The van der Waals surface area contributed by atoms with E-state index in [-0.39, 0.29) is 11.3 Å². The summed E-state index contributed by atoms with van der Waals surface area (Å²) in [5, 5.41) is 12.3. The van der Waals surface area contributed by atoms with Crippen molar-refractivity contribution < 1.29 is 14.5 Å². The number of hydrogen-bond acceptors (Lipinski definition) is 2. The van der Waals surface area contributed by atoms with Gasteiger partial charge in [0, 0.05) is 6.07 Å². The number of aryl methyl sites for hydroxylation is 1. The molecule has 1 atom stereocenters. The highest BCUT2D eigenvalue weighted by Gasteiger charge is 2.19. The van der Waals surface area contributed by atoms with Crippen LogP contribution in [0.25, 0.3) is 0 Å². The molecule has 1 heterocycles. The second-order valence-electron chi connectivity index (χ2n) is 5.51. The van der Waals surface area contributed by atoms with Crippen molar-refractivity contribution >= 4 is 5.91 Å². The molecule has 0 aliphatic heterocycles. The van der Waals surface area contributed by atoms with Crippen LogP contribution in [-0.2, 0) is 7.05 Å². The molecule has 0 aliphatic carbocycles. The fourth-order valence-electron chi connectivity index (χ4n) is 1.59. The van der Waals surface area contributed by atoms with Gasteiger partial charge in [-0.2, -0.15) is 0 Å². The van der Waals surface area contributed by atoms with E-state index in [1.54, 1.807) is 22.9 Å². The molecule has 94 valence electrons. The molecule has 0 aromatic carbocycles. The first-order valence-electron chi connectivity index (χ1n) is 5.72. The average molecular weight is 237 g/mol. The summed E-state index contributed by atoms with van der Waals surface area (Å²) in [6.07, 6.45) is 3.28. The second kappa shape index (κ2) is 5.27. The van der Waals surface area contributed by atoms with Crippen molar-refractivity contribution in [2.24, 2.45) is 12.5 Å². The Morgan fingerprint density at radius 2 is 2.18 bits per heavy atom. The predicted molar refractivity (Wildman–Crippen MR) is 65.2 cm³/mol. The summed E-state index contributed by atoms with van der Waals surface area (Å²) in [6, 6.07) is 3.52.